The highest BCUT2D eigenvalue weighted by molar-refractivity contribution is 7.89. The molecule has 0 saturated heterocycles. The van der Waals surface area contributed by atoms with Gasteiger partial charge in [0.05, 0.1) is 4.90 Å². The Labute approximate surface area is 170 Å². The summed E-state index contributed by atoms with van der Waals surface area (Å²) in [7, 11) is -3.46. The molecule has 7 heteroatoms. The molecule has 0 aliphatic heterocycles. The summed E-state index contributed by atoms with van der Waals surface area (Å²) in [6.45, 7) is 14.5. The van der Waals surface area contributed by atoms with E-state index in [1.807, 2.05) is 13.8 Å². The van der Waals surface area contributed by atoms with Gasteiger partial charge in [0.15, 0.2) is 0 Å². The van der Waals surface area contributed by atoms with Gasteiger partial charge in [0.1, 0.15) is 0 Å². The third-order valence-electron chi connectivity index (χ3n) is 4.65. The van der Waals surface area contributed by atoms with Crippen LogP contribution in [0.4, 0.5) is 0 Å². The van der Waals surface area contributed by atoms with Crippen LogP contribution in [0, 0.1) is 0 Å². The Morgan fingerprint density at radius 2 is 1.57 bits per heavy atom. The summed E-state index contributed by atoms with van der Waals surface area (Å²) >= 11 is 0. The van der Waals surface area contributed by atoms with Gasteiger partial charge < -0.3 is 5.32 Å². The number of carbonyl (C=O) groups is 1. The first kappa shape index (κ1) is 24.3. The number of sulfonamides is 1. The van der Waals surface area contributed by atoms with Gasteiger partial charge in [-0.2, -0.15) is 4.31 Å². The molecule has 0 saturated carbocycles. The standard InChI is InChI=1S/C21H35N3O3S/c1-7-23(8-2)28(26,27)20-12-9-19(10-13-20)11-14-21(25)22-15-16-24(17(3)4)18(5)6/h9-14,17-18H,7-8,15-16H2,1-6H3,(H,22,25)/b14-11+. The number of nitrogens with zero attached hydrogens (tertiary/aromatic N) is 2. The van der Waals surface area contributed by atoms with Crippen LogP contribution in [0.25, 0.3) is 6.08 Å². The molecule has 0 heterocycles. The second-order valence-electron chi connectivity index (χ2n) is 7.21. The molecule has 1 aromatic carbocycles. The molecule has 6 nitrogen and oxygen atoms in total. The highest BCUT2D eigenvalue weighted by atomic mass is 32.2. The van der Waals surface area contributed by atoms with Crippen LogP contribution in [0.2, 0.25) is 0 Å². The fourth-order valence-corrected chi connectivity index (χ4v) is 4.57. The maximum Gasteiger partial charge on any atom is 0.244 e. The minimum absolute atomic E-state index is 0.160. The van der Waals surface area contributed by atoms with Crippen molar-refractivity contribution in [1.82, 2.24) is 14.5 Å². The van der Waals surface area contributed by atoms with E-state index in [0.29, 0.717) is 31.7 Å². The van der Waals surface area contributed by atoms with Gasteiger partial charge in [0.2, 0.25) is 15.9 Å². The molecule has 1 N–H and O–H groups in total. The fourth-order valence-electron chi connectivity index (χ4n) is 3.12. The molecule has 0 bridgehead atoms. The monoisotopic (exact) mass is 409 g/mol. The van der Waals surface area contributed by atoms with E-state index < -0.39 is 10.0 Å². The minimum Gasteiger partial charge on any atom is -0.351 e. The second kappa shape index (κ2) is 11.3. The summed E-state index contributed by atoms with van der Waals surface area (Å²) in [5.74, 6) is -0.160. The lowest BCUT2D eigenvalue weighted by atomic mass is 10.2. The third-order valence-corrected chi connectivity index (χ3v) is 6.71. The number of hydrogen-bond acceptors (Lipinski definition) is 4. The van der Waals surface area contributed by atoms with Crippen molar-refractivity contribution in [3.8, 4) is 0 Å². The Kier molecular flexibility index (Phi) is 9.85. The van der Waals surface area contributed by atoms with Crippen molar-refractivity contribution >= 4 is 22.0 Å². The van der Waals surface area contributed by atoms with Crippen LogP contribution in [0.3, 0.4) is 0 Å². The molecular formula is C21H35N3O3S. The van der Waals surface area contributed by atoms with Crippen molar-refractivity contribution in [1.29, 1.82) is 0 Å². The normalized spacial score (nSPS) is 12.6. The first-order chi connectivity index (χ1) is 13.1. The van der Waals surface area contributed by atoms with E-state index in [-0.39, 0.29) is 10.8 Å². The SMILES string of the molecule is CCN(CC)S(=O)(=O)c1ccc(/C=C/C(=O)NCCN(C(C)C)C(C)C)cc1. The van der Waals surface area contributed by atoms with Crippen molar-refractivity contribution in [3.05, 3.63) is 35.9 Å². The largest absolute Gasteiger partial charge is 0.351 e. The van der Waals surface area contributed by atoms with Crippen molar-refractivity contribution in [2.24, 2.45) is 0 Å². The molecule has 0 radical (unpaired) electrons. The molecule has 0 aliphatic rings. The molecule has 0 aromatic heterocycles. The Morgan fingerprint density at radius 1 is 1.04 bits per heavy atom. The lowest BCUT2D eigenvalue weighted by molar-refractivity contribution is -0.116. The first-order valence-corrected chi connectivity index (χ1v) is 11.4. The van der Waals surface area contributed by atoms with Crippen LogP contribution in [-0.4, -0.2) is 61.8 Å². The average molecular weight is 410 g/mol. The van der Waals surface area contributed by atoms with Crippen molar-refractivity contribution < 1.29 is 13.2 Å². The van der Waals surface area contributed by atoms with Gasteiger partial charge in [-0.3, -0.25) is 9.69 Å². The van der Waals surface area contributed by atoms with Crippen LogP contribution in [0.5, 0.6) is 0 Å². The van der Waals surface area contributed by atoms with Gasteiger partial charge in [-0.1, -0.05) is 26.0 Å². The number of nitrogens with one attached hydrogen (secondary N) is 1. The maximum atomic E-state index is 12.5. The Morgan fingerprint density at radius 3 is 2.04 bits per heavy atom. The van der Waals surface area contributed by atoms with Gasteiger partial charge in [0, 0.05) is 44.3 Å². The predicted molar refractivity (Wildman–Crippen MR) is 116 cm³/mol. The number of benzene rings is 1. The number of hydrogen-bond donors (Lipinski definition) is 1. The van der Waals surface area contributed by atoms with Crippen LogP contribution < -0.4 is 5.32 Å². The smallest absolute Gasteiger partial charge is 0.244 e. The molecule has 28 heavy (non-hydrogen) atoms. The Balaban J connectivity index is 2.64. The van der Waals surface area contributed by atoms with Gasteiger partial charge in [-0.25, -0.2) is 8.42 Å². The van der Waals surface area contributed by atoms with Crippen molar-refractivity contribution in [2.75, 3.05) is 26.2 Å². The quantitative estimate of drug-likeness (QED) is 0.571. The van der Waals surface area contributed by atoms with Crippen LogP contribution >= 0.6 is 0 Å². The molecule has 0 spiro atoms. The van der Waals surface area contributed by atoms with Crippen molar-refractivity contribution in [3.63, 3.8) is 0 Å². The molecule has 0 unspecified atom stereocenters. The molecule has 0 fully saturated rings. The molecule has 1 amide bonds. The van der Waals surface area contributed by atoms with Crippen LogP contribution in [0.1, 0.15) is 47.1 Å². The number of carbonyl (C=O) groups excluding carboxylic acids is 1. The number of amides is 1. The highest BCUT2D eigenvalue weighted by Gasteiger charge is 2.20. The van der Waals surface area contributed by atoms with Crippen molar-refractivity contribution in [2.45, 2.75) is 58.5 Å². The Bertz CT molecular complexity index is 729. The molecule has 158 valence electrons. The lowest BCUT2D eigenvalue weighted by Crippen LogP contribution is -2.42. The number of rotatable bonds is 11. The Hall–Kier alpha value is -1.70. The summed E-state index contributed by atoms with van der Waals surface area (Å²) in [5.41, 5.74) is 0.777. The van der Waals surface area contributed by atoms with E-state index in [4.69, 9.17) is 0 Å². The van der Waals surface area contributed by atoms with E-state index in [0.717, 1.165) is 12.1 Å². The van der Waals surface area contributed by atoms with E-state index in [1.165, 1.54) is 10.4 Å². The van der Waals surface area contributed by atoms with E-state index in [1.54, 1.807) is 30.3 Å². The van der Waals surface area contributed by atoms with E-state index in [9.17, 15) is 13.2 Å². The predicted octanol–water partition coefficient (Wildman–Crippen LogP) is 2.97. The third kappa shape index (κ3) is 7.04. The second-order valence-corrected chi connectivity index (χ2v) is 9.15. The van der Waals surface area contributed by atoms with Gasteiger partial charge in [-0.05, 0) is 51.5 Å². The lowest BCUT2D eigenvalue weighted by Gasteiger charge is -2.30. The molecule has 0 aliphatic carbocycles. The molecule has 1 rings (SSSR count). The highest BCUT2D eigenvalue weighted by Crippen LogP contribution is 2.16. The van der Waals surface area contributed by atoms with E-state index >= 15 is 0 Å². The van der Waals surface area contributed by atoms with Gasteiger partial charge in [0.25, 0.3) is 0 Å². The maximum absolute atomic E-state index is 12.5. The topological polar surface area (TPSA) is 69.7 Å². The average Bonchev–Trinajstić information content (AvgIpc) is 2.64. The summed E-state index contributed by atoms with van der Waals surface area (Å²) in [6.07, 6.45) is 3.16. The zero-order valence-electron chi connectivity index (χ0n) is 18.0. The van der Waals surface area contributed by atoms with Crippen LogP contribution in [-0.2, 0) is 14.8 Å². The zero-order chi connectivity index (χ0) is 21.3. The summed E-state index contributed by atoms with van der Waals surface area (Å²) in [5, 5.41) is 2.89. The van der Waals surface area contributed by atoms with Crippen LogP contribution in [0.15, 0.2) is 35.2 Å². The zero-order valence-corrected chi connectivity index (χ0v) is 18.8. The molecular weight excluding hydrogens is 374 g/mol. The first-order valence-electron chi connectivity index (χ1n) is 9.95. The van der Waals surface area contributed by atoms with E-state index in [2.05, 4.69) is 37.9 Å². The summed E-state index contributed by atoms with van der Waals surface area (Å²) in [4.78, 5) is 14.6. The fraction of sp³-hybridized carbons (Fsp3) is 0.571. The summed E-state index contributed by atoms with van der Waals surface area (Å²) in [6, 6.07) is 7.43. The van der Waals surface area contributed by atoms with Gasteiger partial charge in [-0.15, -0.1) is 0 Å². The van der Waals surface area contributed by atoms with Gasteiger partial charge >= 0.3 is 0 Å². The molecule has 0 atom stereocenters. The molecule has 1 aromatic rings. The summed E-state index contributed by atoms with van der Waals surface area (Å²) < 4.78 is 26.4. The minimum atomic E-state index is -3.46.